The second kappa shape index (κ2) is 4.14. The molecule has 0 bridgehead atoms. The third-order valence-corrected chi connectivity index (χ3v) is 3.03. The highest BCUT2D eigenvalue weighted by Gasteiger charge is 2.25. The molecule has 0 amide bonds. The molecule has 0 aromatic carbocycles. The largest absolute Gasteiger partial charge is 0.356 e. The highest BCUT2D eigenvalue weighted by Crippen LogP contribution is 2.39. The van der Waals surface area contributed by atoms with E-state index in [4.69, 9.17) is 5.73 Å². The smallest absolute Gasteiger partial charge is 0.132 e. The van der Waals surface area contributed by atoms with Gasteiger partial charge in [-0.2, -0.15) is 0 Å². The zero-order valence-corrected chi connectivity index (χ0v) is 9.35. The van der Waals surface area contributed by atoms with Crippen LogP contribution in [0, 0.1) is 0 Å². The first-order chi connectivity index (χ1) is 7.22. The minimum Gasteiger partial charge on any atom is -0.356 e. The first-order valence-corrected chi connectivity index (χ1v) is 5.47. The van der Waals surface area contributed by atoms with Crippen LogP contribution in [0.25, 0.3) is 0 Å². The summed E-state index contributed by atoms with van der Waals surface area (Å²) in [5.41, 5.74) is 6.81. The van der Waals surface area contributed by atoms with E-state index in [0.717, 1.165) is 5.82 Å². The number of hydrogen-bond donors (Lipinski definition) is 1. The summed E-state index contributed by atoms with van der Waals surface area (Å²) >= 11 is 0. The molecule has 1 aliphatic carbocycles. The lowest BCUT2D eigenvalue weighted by atomic mass is 10.2. The molecule has 1 aromatic rings. The highest BCUT2D eigenvalue weighted by molar-refractivity contribution is 5.40. The number of anilines is 1. The topological polar surface area (TPSA) is 55.0 Å². The molecule has 1 aromatic heterocycles. The normalized spacial score (nSPS) is 17.5. The maximum atomic E-state index is 5.64. The molecule has 0 saturated heterocycles. The van der Waals surface area contributed by atoms with Crippen molar-refractivity contribution in [2.24, 2.45) is 5.73 Å². The van der Waals surface area contributed by atoms with Crippen molar-refractivity contribution < 1.29 is 0 Å². The van der Waals surface area contributed by atoms with E-state index in [9.17, 15) is 0 Å². The maximum Gasteiger partial charge on any atom is 0.132 e. The zero-order valence-electron chi connectivity index (χ0n) is 9.35. The van der Waals surface area contributed by atoms with Gasteiger partial charge in [0.25, 0.3) is 0 Å². The molecule has 1 saturated carbocycles. The summed E-state index contributed by atoms with van der Waals surface area (Å²) in [4.78, 5) is 10.7. The number of hydrogen-bond acceptors (Lipinski definition) is 4. The van der Waals surface area contributed by atoms with Crippen LogP contribution in [0.5, 0.6) is 0 Å². The minimum absolute atomic E-state index is 0.312. The summed E-state index contributed by atoms with van der Waals surface area (Å²) in [5, 5.41) is 0. The van der Waals surface area contributed by atoms with Gasteiger partial charge in [-0.05, 0) is 19.8 Å². The molecule has 4 nitrogen and oxygen atoms in total. The minimum atomic E-state index is 0.312. The number of likely N-dealkylation sites (N-methyl/N-ethyl adjacent to an activating group) is 1. The number of nitrogens with two attached hydrogens (primary N) is 1. The molecule has 2 rings (SSSR count). The van der Waals surface area contributed by atoms with Gasteiger partial charge >= 0.3 is 0 Å². The van der Waals surface area contributed by atoms with Crippen molar-refractivity contribution in [2.75, 3.05) is 18.5 Å². The maximum absolute atomic E-state index is 5.64. The van der Waals surface area contributed by atoms with Crippen LogP contribution < -0.4 is 10.6 Å². The van der Waals surface area contributed by atoms with Crippen LogP contribution in [0.3, 0.4) is 0 Å². The fourth-order valence-electron chi connectivity index (χ4n) is 1.54. The Morgan fingerprint density at radius 3 is 2.87 bits per heavy atom. The summed E-state index contributed by atoms with van der Waals surface area (Å²) in [5.74, 6) is 1.65. The van der Waals surface area contributed by atoms with Crippen LogP contribution in [-0.2, 0) is 0 Å². The Labute approximate surface area is 90.5 Å². The van der Waals surface area contributed by atoms with Gasteiger partial charge in [-0.25, -0.2) is 9.97 Å². The Morgan fingerprint density at radius 2 is 2.27 bits per heavy atom. The van der Waals surface area contributed by atoms with E-state index in [-0.39, 0.29) is 0 Å². The summed E-state index contributed by atoms with van der Waals surface area (Å²) in [7, 11) is 2.02. The van der Waals surface area contributed by atoms with Crippen molar-refractivity contribution in [3.8, 4) is 0 Å². The lowest BCUT2D eigenvalue weighted by Crippen LogP contribution is -2.35. The number of rotatable bonds is 4. The summed E-state index contributed by atoms with van der Waals surface area (Å²) in [6, 6.07) is 2.40. The molecule has 2 N–H and O–H groups in total. The average molecular weight is 206 g/mol. The molecule has 1 fully saturated rings. The number of nitrogens with zero attached hydrogens (tertiary/aromatic N) is 3. The van der Waals surface area contributed by atoms with Crippen molar-refractivity contribution >= 4 is 5.82 Å². The van der Waals surface area contributed by atoms with E-state index in [1.165, 1.54) is 18.5 Å². The molecule has 1 unspecified atom stereocenters. The monoisotopic (exact) mass is 206 g/mol. The molecular formula is C11H18N4. The number of aromatic nitrogens is 2. The van der Waals surface area contributed by atoms with Gasteiger partial charge in [0, 0.05) is 37.3 Å². The second-order valence-corrected chi connectivity index (χ2v) is 4.27. The summed E-state index contributed by atoms with van der Waals surface area (Å²) < 4.78 is 0. The summed E-state index contributed by atoms with van der Waals surface area (Å²) in [6.07, 6.45) is 4.20. The standard InChI is InChI=1S/C11H18N4/c1-8(6-12)15(2)11-5-10(9-3-4-9)13-7-14-11/h5,7-9H,3-4,6,12H2,1-2H3. The average Bonchev–Trinajstić information content (AvgIpc) is 3.11. The Bertz CT molecular complexity index is 335. The first kappa shape index (κ1) is 10.4. The van der Waals surface area contributed by atoms with E-state index >= 15 is 0 Å². The van der Waals surface area contributed by atoms with Gasteiger partial charge in [-0.1, -0.05) is 0 Å². The fraction of sp³-hybridized carbons (Fsp3) is 0.636. The molecule has 4 heteroatoms. The van der Waals surface area contributed by atoms with Crippen LogP contribution >= 0.6 is 0 Å². The Morgan fingerprint density at radius 1 is 1.53 bits per heavy atom. The van der Waals surface area contributed by atoms with Crippen LogP contribution in [0.2, 0.25) is 0 Å². The fourth-order valence-corrected chi connectivity index (χ4v) is 1.54. The van der Waals surface area contributed by atoms with Crippen molar-refractivity contribution in [1.82, 2.24) is 9.97 Å². The van der Waals surface area contributed by atoms with Crippen molar-refractivity contribution in [1.29, 1.82) is 0 Å². The Kier molecular flexibility index (Phi) is 2.86. The van der Waals surface area contributed by atoms with Gasteiger partial charge in [0.2, 0.25) is 0 Å². The molecule has 1 heterocycles. The predicted octanol–water partition coefficient (Wildman–Crippen LogP) is 1.14. The van der Waals surface area contributed by atoms with E-state index in [1.807, 2.05) is 7.05 Å². The van der Waals surface area contributed by atoms with Crippen LogP contribution in [0.1, 0.15) is 31.4 Å². The predicted molar refractivity (Wildman–Crippen MR) is 60.9 cm³/mol. The Balaban J connectivity index is 2.16. The third kappa shape index (κ3) is 2.26. The van der Waals surface area contributed by atoms with E-state index < -0.39 is 0 Å². The molecule has 1 aliphatic rings. The second-order valence-electron chi connectivity index (χ2n) is 4.27. The van der Waals surface area contributed by atoms with Crippen molar-refractivity contribution in [3.05, 3.63) is 18.1 Å². The Hall–Kier alpha value is -1.16. The van der Waals surface area contributed by atoms with Crippen molar-refractivity contribution in [2.45, 2.75) is 31.7 Å². The van der Waals surface area contributed by atoms with Gasteiger partial charge in [0.05, 0.1) is 0 Å². The lowest BCUT2D eigenvalue weighted by molar-refractivity contribution is 0.685. The quantitative estimate of drug-likeness (QED) is 0.802. The molecule has 0 radical (unpaired) electrons. The van der Waals surface area contributed by atoms with Crippen LogP contribution in [0.4, 0.5) is 5.82 Å². The summed E-state index contributed by atoms with van der Waals surface area (Å²) in [6.45, 7) is 2.73. The first-order valence-electron chi connectivity index (χ1n) is 5.47. The van der Waals surface area contributed by atoms with Gasteiger partial charge in [0.1, 0.15) is 12.1 Å². The van der Waals surface area contributed by atoms with Gasteiger partial charge in [-0.3, -0.25) is 0 Å². The van der Waals surface area contributed by atoms with Gasteiger partial charge in [0.15, 0.2) is 0 Å². The zero-order chi connectivity index (χ0) is 10.8. The highest BCUT2D eigenvalue weighted by atomic mass is 15.2. The molecular weight excluding hydrogens is 188 g/mol. The van der Waals surface area contributed by atoms with Crippen LogP contribution in [-0.4, -0.2) is 29.6 Å². The SMILES string of the molecule is CC(CN)N(C)c1cc(C2CC2)ncn1. The molecule has 0 aliphatic heterocycles. The van der Waals surface area contributed by atoms with E-state index in [2.05, 4.69) is 27.9 Å². The van der Waals surface area contributed by atoms with Crippen LogP contribution in [0.15, 0.2) is 12.4 Å². The molecule has 15 heavy (non-hydrogen) atoms. The third-order valence-electron chi connectivity index (χ3n) is 3.03. The molecule has 0 spiro atoms. The lowest BCUT2D eigenvalue weighted by Gasteiger charge is -2.24. The van der Waals surface area contributed by atoms with Crippen molar-refractivity contribution in [3.63, 3.8) is 0 Å². The van der Waals surface area contributed by atoms with Gasteiger partial charge < -0.3 is 10.6 Å². The molecule has 82 valence electrons. The van der Waals surface area contributed by atoms with E-state index in [1.54, 1.807) is 6.33 Å². The van der Waals surface area contributed by atoms with Gasteiger partial charge in [-0.15, -0.1) is 0 Å². The molecule has 1 atom stereocenters. The van der Waals surface area contributed by atoms with E-state index in [0.29, 0.717) is 18.5 Å².